The van der Waals surface area contributed by atoms with Crippen molar-refractivity contribution in [2.75, 3.05) is 32.8 Å². The third kappa shape index (κ3) is 8.35. The highest BCUT2D eigenvalue weighted by atomic mass is 35.5. The summed E-state index contributed by atoms with van der Waals surface area (Å²) in [6, 6.07) is 3.88. The van der Waals surface area contributed by atoms with Crippen molar-refractivity contribution in [3.8, 4) is 5.75 Å². The Morgan fingerprint density at radius 3 is 2.07 bits per heavy atom. The Bertz CT molecular complexity index is 544. The molecule has 154 valence electrons. The summed E-state index contributed by atoms with van der Waals surface area (Å²) in [7, 11) is 0. The van der Waals surface area contributed by atoms with E-state index in [4.69, 9.17) is 9.47 Å². The van der Waals surface area contributed by atoms with Gasteiger partial charge < -0.3 is 26.8 Å². The van der Waals surface area contributed by atoms with Crippen molar-refractivity contribution in [1.82, 2.24) is 0 Å². The van der Waals surface area contributed by atoms with Gasteiger partial charge in [0.05, 0.1) is 18.7 Å². The van der Waals surface area contributed by atoms with Crippen LogP contribution in [0.2, 0.25) is 0 Å². The van der Waals surface area contributed by atoms with Crippen LogP contribution in [0.25, 0.3) is 0 Å². The molecule has 0 saturated heterocycles. The minimum Gasteiger partial charge on any atom is -1.00 e. The second kappa shape index (κ2) is 14.5. The number of esters is 1. The standard InChI is InChI=1S/C22H35NO3.ClH/c1-6-11-18-16-20(22(24)26-15-13-23(9-4)10-5)17-19(12-7-2)21(18)25-14-8-3;/h8,16-17H,3,6-7,9-15H2,1-2,4-5H3;1H. The van der Waals surface area contributed by atoms with Crippen LogP contribution >= 0.6 is 0 Å². The lowest BCUT2D eigenvalue weighted by atomic mass is 9.98. The molecular formula is C22H36ClNO3. The van der Waals surface area contributed by atoms with Gasteiger partial charge in [-0.3, -0.25) is 0 Å². The first-order chi connectivity index (χ1) is 12.6. The molecule has 1 aromatic rings. The predicted octanol–water partition coefficient (Wildman–Crippen LogP) is 0.242. The number of hydrogen-bond donors (Lipinski definition) is 1. The molecule has 0 heterocycles. The Kier molecular flexibility index (Phi) is 13.7. The molecule has 0 amide bonds. The Morgan fingerprint density at radius 2 is 1.63 bits per heavy atom. The van der Waals surface area contributed by atoms with E-state index in [9.17, 15) is 4.79 Å². The molecule has 0 unspecified atom stereocenters. The van der Waals surface area contributed by atoms with E-state index in [1.165, 1.54) is 4.90 Å². The molecular weight excluding hydrogens is 362 g/mol. The number of hydrogen-bond acceptors (Lipinski definition) is 3. The molecule has 1 aromatic carbocycles. The average molecular weight is 398 g/mol. The molecule has 27 heavy (non-hydrogen) atoms. The second-order valence-corrected chi connectivity index (χ2v) is 6.57. The minimum atomic E-state index is -0.235. The van der Waals surface area contributed by atoms with E-state index in [-0.39, 0.29) is 18.4 Å². The summed E-state index contributed by atoms with van der Waals surface area (Å²) in [4.78, 5) is 14.0. The van der Waals surface area contributed by atoms with Crippen LogP contribution in [0.15, 0.2) is 24.8 Å². The Hall–Kier alpha value is -1.52. The van der Waals surface area contributed by atoms with E-state index in [0.29, 0.717) is 18.8 Å². The van der Waals surface area contributed by atoms with Gasteiger partial charge in [-0.15, -0.1) is 0 Å². The van der Waals surface area contributed by atoms with Crippen molar-refractivity contribution in [1.29, 1.82) is 0 Å². The Morgan fingerprint density at radius 1 is 1.07 bits per heavy atom. The van der Waals surface area contributed by atoms with E-state index >= 15 is 0 Å². The normalized spacial score (nSPS) is 10.4. The number of ether oxygens (including phenoxy) is 2. The molecule has 1 N–H and O–H groups in total. The van der Waals surface area contributed by atoms with Crippen molar-refractivity contribution in [3.63, 3.8) is 0 Å². The van der Waals surface area contributed by atoms with Crippen molar-refractivity contribution in [2.24, 2.45) is 0 Å². The molecule has 0 aliphatic rings. The molecule has 0 radical (unpaired) electrons. The van der Waals surface area contributed by atoms with Crippen molar-refractivity contribution < 1.29 is 31.6 Å². The number of carbonyl (C=O) groups is 1. The lowest BCUT2D eigenvalue weighted by Gasteiger charge is -2.18. The van der Waals surface area contributed by atoms with Crippen molar-refractivity contribution in [2.45, 2.75) is 53.4 Å². The van der Waals surface area contributed by atoms with Gasteiger partial charge in [0.15, 0.2) is 0 Å². The number of benzene rings is 1. The first kappa shape index (κ1) is 25.5. The highest BCUT2D eigenvalue weighted by Gasteiger charge is 2.17. The number of quaternary nitrogens is 1. The van der Waals surface area contributed by atoms with E-state index in [0.717, 1.165) is 62.2 Å². The first-order valence-corrected chi connectivity index (χ1v) is 10.0. The summed E-state index contributed by atoms with van der Waals surface area (Å²) in [6.07, 6.45) is 5.52. The van der Waals surface area contributed by atoms with Gasteiger partial charge in [-0.05, 0) is 49.9 Å². The van der Waals surface area contributed by atoms with Gasteiger partial charge in [0.1, 0.15) is 25.5 Å². The molecule has 4 nitrogen and oxygen atoms in total. The maximum atomic E-state index is 12.6. The molecule has 1 rings (SSSR count). The van der Waals surface area contributed by atoms with Crippen LogP contribution in [-0.2, 0) is 17.6 Å². The van der Waals surface area contributed by atoms with Gasteiger partial charge in [-0.25, -0.2) is 4.79 Å². The zero-order valence-electron chi connectivity index (χ0n) is 17.4. The van der Waals surface area contributed by atoms with Crippen LogP contribution in [-0.4, -0.2) is 38.8 Å². The summed E-state index contributed by atoms with van der Waals surface area (Å²) in [6.45, 7) is 16.2. The molecule has 0 spiro atoms. The highest BCUT2D eigenvalue weighted by Crippen LogP contribution is 2.29. The Balaban J connectivity index is 0.00000676. The molecule has 0 saturated carbocycles. The SMILES string of the molecule is C=CCOc1c(CCC)cc(C(=O)OCC[NH+](CC)CC)cc1CCC.[Cl-]. The summed E-state index contributed by atoms with van der Waals surface area (Å²) in [5.74, 6) is 0.680. The molecule has 0 aromatic heterocycles. The molecule has 0 fully saturated rings. The van der Waals surface area contributed by atoms with Crippen molar-refractivity contribution >= 4 is 5.97 Å². The number of rotatable bonds is 13. The summed E-state index contributed by atoms with van der Waals surface area (Å²) in [5, 5.41) is 0. The third-order valence-electron chi connectivity index (χ3n) is 4.55. The van der Waals surface area contributed by atoms with Crippen LogP contribution in [0.1, 0.15) is 62.0 Å². The van der Waals surface area contributed by atoms with Crippen LogP contribution in [0.3, 0.4) is 0 Å². The number of halogens is 1. The van der Waals surface area contributed by atoms with Crippen LogP contribution in [0.5, 0.6) is 5.75 Å². The first-order valence-electron chi connectivity index (χ1n) is 10.0. The summed E-state index contributed by atoms with van der Waals surface area (Å²) < 4.78 is 11.5. The number of likely N-dealkylation sites (N-methyl/N-ethyl adjacent to an activating group) is 1. The van der Waals surface area contributed by atoms with E-state index in [1.54, 1.807) is 6.08 Å². The quantitative estimate of drug-likeness (QED) is 0.383. The largest absolute Gasteiger partial charge is 1.00 e. The fraction of sp³-hybridized carbons (Fsp3) is 0.591. The number of nitrogens with one attached hydrogen (secondary N) is 1. The van der Waals surface area contributed by atoms with Gasteiger partial charge in [0.25, 0.3) is 0 Å². The van der Waals surface area contributed by atoms with Gasteiger partial charge >= 0.3 is 5.97 Å². The average Bonchev–Trinajstić information content (AvgIpc) is 2.64. The van der Waals surface area contributed by atoms with Gasteiger partial charge in [-0.1, -0.05) is 39.3 Å². The van der Waals surface area contributed by atoms with E-state index in [1.807, 2.05) is 12.1 Å². The summed E-state index contributed by atoms with van der Waals surface area (Å²) in [5.41, 5.74) is 2.81. The number of carbonyl (C=O) groups excluding carboxylic acids is 1. The predicted molar refractivity (Wildman–Crippen MR) is 107 cm³/mol. The maximum Gasteiger partial charge on any atom is 0.338 e. The molecule has 0 aliphatic heterocycles. The van der Waals surface area contributed by atoms with E-state index in [2.05, 4.69) is 34.3 Å². The topological polar surface area (TPSA) is 40.0 Å². The fourth-order valence-electron chi connectivity index (χ4n) is 3.08. The van der Waals surface area contributed by atoms with Gasteiger partial charge in [0, 0.05) is 0 Å². The van der Waals surface area contributed by atoms with Crippen LogP contribution < -0.4 is 22.0 Å². The van der Waals surface area contributed by atoms with Crippen molar-refractivity contribution in [3.05, 3.63) is 41.5 Å². The third-order valence-corrected chi connectivity index (χ3v) is 4.55. The minimum absolute atomic E-state index is 0. The van der Waals surface area contributed by atoms with Gasteiger partial charge in [0.2, 0.25) is 0 Å². The Labute approximate surface area is 171 Å². The van der Waals surface area contributed by atoms with Gasteiger partial charge in [-0.2, -0.15) is 0 Å². The highest BCUT2D eigenvalue weighted by molar-refractivity contribution is 5.90. The van der Waals surface area contributed by atoms with E-state index < -0.39 is 0 Å². The van der Waals surface area contributed by atoms with Crippen LogP contribution in [0.4, 0.5) is 0 Å². The second-order valence-electron chi connectivity index (χ2n) is 6.57. The molecule has 0 aliphatic carbocycles. The molecule has 5 heteroatoms. The smallest absolute Gasteiger partial charge is 0.338 e. The lowest BCUT2D eigenvalue weighted by Crippen LogP contribution is -3.11. The molecule has 0 atom stereocenters. The maximum absolute atomic E-state index is 12.6. The molecule has 0 bridgehead atoms. The monoisotopic (exact) mass is 397 g/mol. The van der Waals surface area contributed by atoms with Crippen LogP contribution in [0, 0.1) is 0 Å². The fourth-order valence-corrected chi connectivity index (χ4v) is 3.08. The zero-order chi connectivity index (χ0) is 19.4. The lowest BCUT2D eigenvalue weighted by molar-refractivity contribution is -0.896. The number of aryl methyl sites for hydroxylation is 2. The zero-order valence-corrected chi connectivity index (χ0v) is 18.2. The summed E-state index contributed by atoms with van der Waals surface area (Å²) >= 11 is 0.